The van der Waals surface area contributed by atoms with Crippen molar-refractivity contribution in [3.8, 4) is 0 Å². The monoisotopic (exact) mass is 265 g/mol. The van der Waals surface area contributed by atoms with Crippen LogP contribution >= 0.6 is 0 Å². The lowest BCUT2D eigenvalue weighted by atomic mass is 10.0. The van der Waals surface area contributed by atoms with Crippen molar-refractivity contribution in [1.29, 1.82) is 0 Å². The van der Waals surface area contributed by atoms with Crippen molar-refractivity contribution in [3.63, 3.8) is 0 Å². The highest BCUT2D eigenvalue weighted by Gasteiger charge is 2.14. The second-order valence-electron chi connectivity index (χ2n) is 4.99. The summed E-state index contributed by atoms with van der Waals surface area (Å²) in [6.07, 6.45) is 3.16. The molecule has 0 aliphatic heterocycles. The molecule has 1 unspecified atom stereocenters. The summed E-state index contributed by atoms with van der Waals surface area (Å²) in [6.45, 7) is 0.968. The van der Waals surface area contributed by atoms with Gasteiger partial charge in [-0.2, -0.15) is 5.10 Å². The van der Waals surface area contributed by atoms with Gasteiger partial charge < -0.3 is 5.32 Å². The van der Waals surface area contributed by atoms with Crippen molar-refractivity contribution in [1.82, 2.24) is 15.1 Å². The number of fused-ring (bicyclic) bond motifs is 1. The molecule has 0 amide bonds. The normalized spacial score (nSPS) is 12.7. The fourth-order valence-corrected chi connectivity index (χ4v) is 2.55. The van der Waals surface area contributed by atoms with Crippen LogP contribution in [-0.2, 0) is 0 Å². The fraction of sp³-hybridized carbons (Fsp3) is 0.235. The number of rotatable bonds is 5. The predicted molar refractivity (Wildman–Crippen MR) is 82.9 cm³/mol. The van der Waals surface area contributed by atoms with Gasteiger partial charge in [0.15, 0.2) is 0 Å². The SMILES string of the molecule is CNCCC(c1ccccc1)n1cc2ccccc2n1. The lowest BCUT2D eigenvalue weighted by Gasteiger charge is -2.17. The van der Waals surface area contributed by atoms with E-state index in [4.69, 9.17) is 5.10 Å². The third-order valence-corrected chi connectivity index (χ3v) is 3.60. The van der Waals surface area contributed by atoms with Gasteiger partial charge >= 0.3 is 0 Å². The maximum absolute atomic E-state index is 4.73. The smallest absolute Gasteiger partial charge is 0.0923 e. The Morgan fingerprint density at radius 1 is 1.05 bits per heavy atom. The van der Waals surface area contributed by atoms with Crippen LogP contribution in [0.5, 0.6) is 0 Å². The lowest BCUT2D eigenvalue weighted by Crippen LogP contribution is -2.18. The average Bonchev–Trinajstić information content (AvgIpc) is 2.92. The van der Waals surface area contributed by atoms with Crippen molar-refractivity contribution in [2.75, 3.05) is 13.6 Å². The first-order valence-electron chi connectivity index (χ1n) is 7.02. The number of hydrogen-bond acceptors (Lipinski definition) is 2. The van der Waals surface area contributed by atoms with E-state index < -0.39 is 0 Å². The Kier molecular flexibility index (Phi) is 3.79. The Morgan fingerprint density at radius 3 is 2.55 bits per heavy atom. The van der Waals surface area contributed by atoms with Crippen molar-refractivity contribution >= 4 is 10.9 Å². The summed E-state index contributed by atoms with van der Waals surface area (Å²) < 4.78 is 2.09. The Morgan fingerprint density at radius 2 is 1.80 bits per heavy atom. The molecule has 3 aromatic rings. The Hall–Kier alpha value is -2.13. The van der Waals surface area contributed by atoms with Gasteiger partial charge in [-0.05, 0) is 31.6 Å². The molecule has 102 valence electrons. The summed E-state index contributed by atoms with van der Waals surface area (Å²) in [6, 6.07) is 19.1. The summed E-state index contributed by atoms with van der Waals surface area (Å²) in [5.41, 5.74) is 2.36. The zero-order valence-corrected chi connectivity index (χ0v) is 11.7. The Labute approximate surface area is 119 Å². The molecule has 0 fully saturated rings. The van der Waals surface area contributed by atoms with Gasteiger partial charge in [0.25, 0.3) is 0 Å². The quantitative estimate of drug-likeness (QED) is 0.767. The van der Waals surface area contributed by atoms with Gasteiger partial charge in [0.05, 0.1) is 11.6 Å². The summed E-state index contributed by atoms with van der Waals surface area (Å²) in [7, 11) is 1.99. The van der Waals surface area contributed by atoms with Gasteiger partial charge in [-0.1, -0.05) is 48.5 Å². The molecular formula is C17H19N3. The largest absolute Gasteiger partial charge is 0.320 e. The number of hydrogen-bond donors (Lipinski definition) is 1. The van der Waals surface area contributed by atoms with Crippen LogP contribution in [0.4, 0.5) is 0 Å². The van der Waals surface area contributed by atoms with Gasteiger partial charge in [0.2, 0.25) is 0 Å². The predicted octanol–water partition coefficient (Wildman–Crippen LogP) is 3.24. The van der Waals surface area contributed by atoms with Gasteiger partial charge in [-0.15, -0.1) is 0 Å². The van der Waals surface area contributed by atoms with Gasteiger partial charge in [-0.3, -0.25) is 4.68 Å². The highest BCUT2D eigenvalue weighted by Crippen LogP contribution is 2.23. The molecule has 1 heterocycles. The fourth-order valence-electron chi connectivity index (χ4n) is 2.55. The molecule has 0 bridgehead atoms. The van der Waals surface area contributed by atoms with Crippen LogP contribution < -0.4 is 5.32 Å². The molecule has 20 heavy (non-hydrogen) atoms. The second kappa shape index (κ2) is 5.88. The van der Waals surface area contributed by atoms with E-state index in [1.807, 2.05) is 13.1 Å². The number of nitrogens with one attached hydrogen (secondary N) is 1. The highest BCUT2D eigenvalue weighted by atomic mass is 15.3. The number of nitrogens with zero attached hydrogens (tertiary/aromatic N) is 2. The molecule has 0 saturated carbocycles. The maximum Gasteiger partial charge on any atom is 0.0923 e. The van der Waals surface area contributed by atoms with E-state index in [2.05, 4.69) is 64.7 Å². The number of aromatic nitrogens is 2. The minimum atomic E-state index is 0.274. The minimum absolute atomic E-state index is 0.274. The van der Waals surface area contributed by atoms with E-state index in [0.29, 0.717) is 0 Å². The van der Waals surface area contributed by atoms with E-state index in [1.54, 1.807) is 0 Å². The van der Waals surface area contributed by atoms with Crippen LogP contribution in [0.2, 0.25) is 0 Å². The van der Waals surface area contributed by atoms with E-state index >= 15 is 0 Å². The molecule has 0 radical (unpaired) electrons. The summed E-state index contributed by atoms with van der Waals surface area (Å²) in [5.74, 6) is 0. The molecular weight excluding hydrogens is 246 g/mol. The van der Waals surface area contributed by atoms with Crippen molar-refractivity contribution in [3.05, 3.63) is 66.4 Å². The lowest BCUT2D eigenvalue weighted by molar-refractivity contribution is 0.484. The summed E-state index contributed by atoms with van der Waals surface area (Å²) in [5, 5.41) is 9.15. The average molecular weight is 265 g/mol. The van der Waals surface area contributed by atoms with Gasteiger partial charge in [-0.25, -0.2) is 0 Å². The van der Waals surface area contributed by atoms with Crippen LogP contribution in [0, 0.1) is 0 Å². The van der Waals surface area contributed by atoms with Crippen LogP contribution in [0.25, 0.3) is 10.9 Å². The van der Waals surface area contributed by atoms with Crippen LogP contribution in [-0.4, -0.2) is 23.4 Å². The zero-order chi connectivity index (χ0) is 13.8. The molecule has 0 aliphatic rings. The molecule has 3 rings (SSSR count). The maximum atomic E-state index is 4.73. The molecule has 3 heteroatoms. The van der Waals surface area contributed by atoms with Crippen LogP contribution in [0.1, 0.15) is 18.0 Å². The van der Waals surface area contributed by atoms with Gasteiger partial charge in [0, 0.05) is 11.6 Å². The second-order valence-corrected chi connectivity index (χ2v) is 4.99. The van der Waals surface area contributed by atoms with E-state index in [-0.39, 0.29) is 6.04 Å². The minimum Gasteiger partial charge on any atom is -0.320 e. The van der Waals surface area contributed by atoms with Crippen LogP contribution in [0.3, 0.4) is 0 Å². The molecule has 1 aromatic heterocycles. The summed E-state index contributed by atoms with van der Waals surface area (Å²) >= 11 is 0. The van der Waals surface area contributed by atoms with E-state index in [9.17, 15) is 0 Å². The number of benzene rings is 2. The van der Waals surface area contributed by atoms with E-state index in [0.717, 1.165) is 18.5 Å². The first-order valence-corrected chi connectivity index (χ1v) is 7.02. The molecule has 0 spiro atoms. The first kappa shape index (κ1) is 12.9. The Bertz CT molecular complexity index is 640. The summed E-state index contributed by atoms with van der Waals surface area (Å²) in [4.78, 5) is 0. The zero-order valence-electron chi connectivity index (χ0n) is 11.7. The highest BCUT2D eigenvalue weighted by molar-refractivity contribution is 5.77. The van der Waals surface area contributed by atoms with E-state index in [1.165, 1.54) is 10.9 Å². The first-order chi connectivity index (χ1) is 9.88. The molecule has 2 aromatic carbocycles. The van der Waals surface area contributed by atoms with Crippen molar-refractivity contribution in [2.24, 2.45) is 0 Å². The third kappa shape index (κ3) is 2.58. The molecule has 3 nitrogen and oxygen atoms in total. The molecule has 1 N–H and O–H groups in total. The third-order valence-electron chi connectivity index (χ3n) is 3.60. The van der Waals surface area contributed by atoms with Crippen molar-refractivity contribution < 1.29 is 0 Å². The molecule has 0 aliphatic carbocycles. The Balaban J connectivity index is 2.00. The molecule has 1 atom stereocenters. The van der Waals surface area contributed by atoms with Crippen molar-refractivity contribution in [2.45, 2.75) is 12.5 Å². The van der Waals surface area contributed by atoms with Crippen LogP contribution in [0.15, 0.2) is 60.8 Å². The van der Waals surface area contributed by atoms with Gasteiger partial charge in [0.1, 0.15) is 0 Å². The topological polar surface area (TPSA) is 29.9 Å². The standard InChI is InChI=1S/C17H19N3/c1-18-12-11-17(14-7-3-2-4-8-14)20-13-15-9-5-6-10-16(15)19-20/h2-10,13,17-18H,11-12H2,1H3. The molecule has 0 saturated heterocycles.